The van der Waals surface area contributed by atoms with Crippen molar-refractivity contribution in [2.45, 2.75) is 0 Å². The maximum Gasteiger partial charge on any atom is 2.00 e. The van der Waals surface area contributed by atoms with Crippen molar-refractivity contribution in [2.24, 2.45) is 0 Å². The van der Waals surface area contributed by atoms with Crippen LogP contribution in [0, 0.1) is 0 Å². The van der Waals surface area contributed by atoms with Crippen molar-refractivity contribution in [2.75, 3.05) is 0 Å². The summed E-state index contributed by atoms with van der Waals surface area (Å²) in [6.45, 7) is 0. The van der Waals surface area contributed by atoms with Crippen LogP contribution in [0.15, 0.2) is 0 Å². The zero-order chi connectivity index (χ0) is 9.00. The Kier molecular flexibility index (Phi) is 9.87. The molecule has 0 saturated carbocycles. The summed E-state index contributed by atoms with van der Waals surface area (Å²) in [5.74, 6) is 0. The van der Waals surface area contributed by atoms with Gasteiger partial charge >= 0.3 is 32.8 Å². The number of hydrogen-bond donors (Lipinski definition) is 0. The second-order valence-electron chi connectivity index (χ2n) is 0.829. The first kappa shape index (κ1) is 17.6. The standard InChI is InChI=1S/Co.2F2HO2P/c;2*1-5(2,3)4/h;2*(H,3,4)/q+2;;/p-2. The Morgan fingerprint density at radius 1 is 0.818 bits per heavy atom. The molecule has 0 unspecified atom stereocenters. The summed E-state index contributed by atoms with van der Waals surface area (Å²) in [5, 5.41) is 0. The fraction of sp³-hybridized carbons (Fsp3) is 0. The molecule has 11 heteroatoms. The smallest absolute Gasteiger partial charge is 0.749 e. The summed E-state index contributed by atoms with van der Waals surface area (Å²) in [4.78, 5) is 16.7. The predicted octanol–water partition coefficient (Wildman–Crippen LogP) is 0.785. The van der Waals surface area contributed by atoms with Crippen LogP contribution in [-0.4, -0.2) is 0 Å². The minimum atomic E-state index is -5.89. The first-order valence-corrected chi connectivity index (χ1v) is 4.22. The fourth-order valence-corrected chi connectivity index (χ4v) is 0. The Balaban J connectivity index is -0.000000107. The summed E-state index contributed by atoms with van der Waals surface area (Å²) in [6, 6.07) is 0. The fourth-order valence-electron chi connectivity index (χ4n) is 0. The zero-order valence-corrected chi connectivity index (χ0v) is 7.20. The van der Waals surface area contributed by atoms with E-state index in [0.717, 1.165) is 0 Å². The van der Waals surface area contributed by atoms with E-state index in [0.29, 0.717) is 0 Å². The van der Waals surface area contributed by atoms with Gasteiger partial charge in [-0.15, -0.1) is 0 Å². The quantitative estimate of drug-likeness (QED) is 0.476. The van der Waals surface area contributed by atoms with Crippen LogP contribution in [-0.2, 0) is 25.9 Å². The maximum absolute atomic E-state index is 10.0. The van der Waals surface area contributed by atoms with Crippen molar-refractivity contribution < 1.29 is 52.5 Å². The third-order valence-electron chi connectivity index (χ3n) is 0. The van der Waals surface area contributed by atoms with Gasteiger partial charge in [0.15, 0.2) is 0 Å². The topological polar surface area (TPSA) is 80.3 Å². The van der Waals surface area contributed by atoms with Crippen LogP contribution in [0.4, 0.5) is 16.8 Å². The Morgan fingerprint density at radius 3 is 0.818 bits per heavy atom. The molecule has 0 aromatic rings. The van der Waals surface area contributed by atoms with Crippen molar-refractivity contribution >= 4 is 16.0 Å². The SMILES string of the molecule is O=P([O-])(F)F.O=P([O-])(F)F.[Co+2]. The number of halogens is 4. The van der Waals surface area contributed by atoms with E-state index in [4.69, 9.17) is 18.9 Å². The van der Waals surface area contributed by atoms with Crippen molar-refractivity contribution in [1.29, 1.82) is 0 Å². The van der Waals surface area contributed by atoms with E-state index >= 15 is 0 Å². The van der Waals surface area contributed by atoms with Gasteiger partial charge in [-0.2, -0.15) is 16.8 Å². The normalized spacial score (nSPS) is 10.7. The minimum absolute atomic E-state index is 0. The molecule has 71 valence electrons. The molecule has 0 aliphatic heterocycles. The Bertz CT molecular complexity index is 132. The molecule has 1 radical (unpaired) electrons. The molecule has 0 aliphatic carbocycles. The molecule has 0 fully saturated rings. The van der Waals surface area contributed by atoms with Crippen LogP contribution in [0.2, 0.25) is 0 Å². The largest absolute Gasteiger partial charge is 2.00 e. The second kappa shape index (κ2) is 6.16. The van der Waals surface area contributed by atoms with Gasteiger partial charge in [-0.3, -0.25) is 9.13 Å². The van der Waals surface area contributed by atoms with Gasteiger partial charge in [-0.1, -0.05) is 0 Å². The first-order chi connectivity index (χ1) is 4.00. The molecular formula is CoF4O4P2. The van der Waals surface area contributed by atoms with E-state index in [1.165, 1.54) is 0 Å². The van der Waals surface area contributed by atoms with Crippen LogP contribution in [0.1, 0.15) is 0 Å². The average molecular weight is 261 g/mol. The Morgan fingerprint density at radius 2 is 0.818 bits per heavy atom. The maximum atomic E-state index is 10.0. The zero-order valence-electron chi connectivity index (χ0n) is 4.37. The van der Waals surface area contributed by atoms with Gasteiger partial charge < -0.3 is 9.79 Å². The molecule has 0 rings (SSSR count). The van der Waals surface area contributed by atoms with Gasteiger partial charge in [-0.25, -0.2) is 0 Å². The molecule has 0 bridgehead atoms. The van der Waals surface area contributed by atoms with Gasteiger partial charge in [0.2, 0.25) is 0 Å². The van der Waals surface area contributed by atoms with Gasteiger partial charge in [0.25, 0.3) is 0 Å². The summed E-state index contributed by atoms with van der Waals surface area (Å²) in [6.07, 6.45) is 0. The molecule has 0 saturated heterocycles. The third-order valence-corrected chi connectivity index (χ3v) is 0. The van der Waals surface area contributed by atoms with Crippen LogP contribution < -0.4 is 9.79 Å². The summed E-state index contributed by atoms with van der Waals surface area (Å²) in [5.41, 5.74) is 0. The Labute approximate surface area is 69.2 Å². The minimum Gasteiger partial charge on any atom is -0.749 e. The van der Waals surface area contributed by atoms with Crippen molar-refractivity contribution in [3.05, 3.63) is 0 Å². The predicted molar refractivity (Wildman–Crippen MR) is 19.6 cm³/mol. The molecule has 0 aromatic carbocycles. The number of rotatable bonds is 0. The summed E-state index contributed by atoms with van der Waals surface area (Å²) < 4.78 is 56.7. The molecule has 0 N–H and O–H groups in total. The van der Waals surface area contributed by atoms with E-state index in [2.05, 4.69) is 0 Å². The Hall–Kier alpha value is 0.606. The van der Waals surface area contributed by atoms with E-state index < -0.39 is 16.0 Å². The van der Waals surface area contributed by atoms with E-state index in [9.17, 15) is 16.8 Å². The molecule has 0 aromatic heterocycles. The summed E-state index contributed by atoms with van der Waals surface area (Å²) >= 11 is 0. The second-order valence-corrected chi connectivity index (χ2v) is 2.49. The summed E-state index contributed by atoms with van der Waals surface area (Å²) in [7, 11) is -11.8. The third kappa shape index (κ3) is 2140. The van der Waals surface area contributed by atoms with Gasteiger partial charge in [-0.05, 0) is 0 Å². The van der Waals surface area contributed by atoms with Crippen molar-refractivity contribution in [3.63, 3.8) is 0 Å². The molecule has 0 atom stereocenters. The van der Waals surface area contributed by atoms with Gasteiger partial charge in [0.05, 0.1) is 0 Å². The van der Waals surface area contributed by atoms with Crippen molar-refractivity contribution in [3.8, 4) is 0 Å². The van der Waals surface area contributed by atoms with Crippen LogP contribution in [0.3, 0.4) is 0 Å². The van der Waals surface area contributed by atoms with Gasteiger partial charge in [0.1, 0.15) is 0 Å². The van der Waals surface area contributed by atoms with E-state index in [1.54, 1.807) is 0 Å². The first-order valence-electron chi connectivity index (χ1n) is 1.41. The molecule has 0 heterocycles. The molecular weight excluding hydrogens is 261 g/mol. The molecule has 0 amide bonds. The van der Waals surface area contributed by atoms with Crippen molar-refractivity contribution in [1.82, 2.24) is 0 Å². The molecule has 4 nitrogen and oxygen atoms in total. The van der Waals surface area contributed by atoms with Crippen LogP contribution >= 0.6 is 16.0 Å². The molecule has 0 spiro atoms. The van der Waals surface area contributed by atoms with E-state index in [-0.39, 0.29) is 16.8 Å². The number of hydrogen-bond acceptors (Lipinski definition) is 4. The van der Waals surface area contributed by atoms with Crippen LogP contribution in [0.5, 0.6) is 0 Å². The molecule has 11 heavy (non-hydrogen) atoms. The van der Waals surface area contributed by atoms with Gasteiger partial charge in [0, 0.05) is 0 Å². The van der Waals surface area contributed by atoms with Crippen LogP contribution in [0.25, 0.3) is 0 Å². The molecule has 0 aliphatic rings. The van der Waals surface area contributed by atoms with E-state index in [1.807, 2.05) is 0 Å². The average Bonchev–Trinajstić information content (AvgIpc) is 1.12. The monoisotopic (exact) mass is 261 g/mol.